The van der Waals surface area contributed by atoms with Crippen molar-refractivity contribution in [2.75, 3.05) is 20.8 Å². The fourth-order valence-electron chi connectivity index (χ4n) is 2.38. The van der Waals surface area contributed by atoms with Crippen molar-refractivity contribution in [3.05, 3.63) is 65.2 Å². The van der Waals surface area contributed by atoms with E-state index in [2.05, 4.69) is 10.1 Å². The number of carbonyl (C=O) groups is 3. The molecule has 7 nitrogen and oxygen atoms in total. The fourth-order valence-corrected chi connectivity index (χ4v) is 2.38. The summed E-state index contributed by atoms with van der Waals surface area (Å²) in [7, 11) is 2.82. The number of benzene rings is 2. The highest BCUT2D eigenvalue weighted by Crippen LogP contribution is 2.18. The molecule has 27 heavy (non-hydrogen) atoms. The first-order valence-electron chi connectivity index (χ1n) is 8.23. The van der Waals surface area contributed by atoms with Crippen LogP contribution in [-0.2, 0) is 14.3 Å². The van der Waals surface area contributed by atoms with Crippen molar-refractivity contribution in [3.8, 4) is 5.75 Å². The van der Waals surface area contributed by atoms with Gasteiger partial charge in [-0.1, -0.05) is 18.2 Å². The number of methoxy groups -OCH3 is 2. The van der Waals surface area contributed by atoms with Crippen molar-refractivity contribution in [2.24, 2.45) is 0 Å². The van der Waals surface area contributed by atoms with E-state index in [0.29, 0.717) is 5.75 Å². The van der Waals surface area contributed by atoms with Gasteiger partial charge in [0.1, 0.15) is 5.75 Å². The molecule has 0 aliphatic carbocycles. The highest BCUT2D eigenvalue weighted by molar-refractivity contribution is 5.96. The quantitative estimate of drug-likeness (QED) is 0.752. The summed E-state index contributed by atoms with van der Waals surface area (Å²) in [4.78, 5) is 35.6. The van der Waals surface area contributed by atoms with Gasteiger partial charge < -0.3 is 19.5 Å². The van der Waals surface area contributed by atoms with Crippen molar-refractivity contribution in [1.29, 1.82) is 0 Å². The minimum atomic E-state index is -0.704. The number of carbonyl (C=O) groups excluding carboxylic acids is 3. The molecular formula is C20H21NO6. The van der Waals surface area contributed by atoms with Gasteiger partial charge >= 0.3 is 11.9 Å². The van der Waals surface area contributed by atoms with E-state index in [1.165, 1.54) is 31.4 Å². The SMILES string of the molecule is COC(=O)c1cccc(C(=O)OCC(=O)N[C@@H](C)c2cccc(OC)c2)c1. The minimum absolute atomic E-state index is 0.159. The van der Waals surface area contributed by atoms with Gasteiger partial charge in [0, 0.05) is 0 Å². The van der Waals surface area contributed by atoms with Crippen molar-refractivity contribution < 1.29 is 28.6 Å². The molecule has 1 N–H and O–H groups in total. The summed E-state index contributed by atoms with van der Waals surface area (Å²) in [5.74, 6) is -1.02. The molecule has 0 unspecified atom stereocenters. The Morgan fingerprint density at radius 2 is 1.63 bits per heavy atom. The molecule has 1 amide bonds. The molecule has 0 aliphatic rings. The number of hydrogen-bond acceptors (Lipinski definition) is 6. The van der Waals surface area contributed by atoms with Gasteiger partial charge in [0.15, 0.2) is 6.61 Å². The third-order valence-corrected chi connectivity index (χ3v) is 3.83. The van der Waals surface area contributed by atoms with Gasteiger partial charge in [-0.2, -0.15) is 0 Å². The van der Waals surface area contributed by atoms with Gasteiger partial charge in [-0.05, 0) is 42.8 Å². The standard InChI is InChI=1S/C20H21NO6/c1-13(14-6-5-9-17(11-14)25-2)21-18(22)12-27-20(24)16-8-4-7-15(10-16)19(23)26-3/h4-11,13H,12H2,1-3H3,(H,21,22)/t13-/m0/s1. The molecule has 0 radical (unpaired) electrons. The van der Waals surface area contributed by atoms with Gasteiger partial charge in [-0.3, -0.25) is 4.79 Å². The van der Waals surface area contributed by atoms with Crippen LogP contribution >= 0.6 is 0 Å². The predicted octanol–water partition coefficient (Wildman–Crippen LogP) is 2.52. The topological polar surface area (TPSA) is 90.9 Å². The van der Waals surface area contributed by atoms with Crippen LogP contribution in [0.3, 0.4) is 0 Å². The maximum Gasteiger partial charge on any atom is 0.338 e. The largest absolute Gasteiger partial charge is 0.497 e. The van der Waals surface area contributed by atoms with E-state index in [1.54, 1.807) is 7.11 Å². The summed E-state index contributed by atoms with van der Waals surface area (Å²) < 4.78 is 14.8. The summed E-state index contributed by atoms with van der Waals surface area (Å²) in [5.41, 5.74) is 1.24. The molecule has 2 aromatic rings. The lowest BCUT2D eigenvalue weighted by Crippen LogP contribution is -2.31. The zero-order valence-electron chi connectivity index (χ0n) is 15.4. The van der Waals surface area contributed by atoms with E-state index in [-0.39, 0.29) is 17.2 Å². The van der Waals surface area contributed by atoms with E-state index >= 15 is 0 Å². The van der Waals surface area contributed by atoms with Crippen molar-refractivity contribution in [2.45, 2.75) is 13.0 Å². The molecule has 0 saturated heterocycles. The third-order valence-electron chi connectivity index (χ3n) is 3.83. The molecule has 142 valence electrons. The molecule has 0 heterocycles. The van der Waals surface area contributed by atoms with Gasteiger partial charge in [-0.25, -0.2) is 9.59 Å². The van der Waals surface area contributed by atoms with Crippen molar-refractivity contribution in [3.63, 3.8) is 0 Å². The number of hydrogen-bond donors (Lipinski definition) is 1. The zero-order chi connectivity index (χ0) is 19.8. The Morgan fingerprint density at radius 1 is 0.963 bits per heavy atom. The summed E-state index contributed by atoms with van der Waals surface area (Å²) in [6.45, 7) is 1.38. The van der Waals surface area contributed by atoms with Crippen LogP contribution in [0.25, 0.3) is 0 Å². The summed E-state index contributed by atoms with van der Waals surface area (Å²) in [6, 6.07) is 12.9. The Morgan fingerprint density at radius 3 is 2.30 bits per heavy atom. The van der Waals surface area contributed by atoms with Crippen LogP contribution in [-0.4, -0.2) is 38.7 Å². The summed E-state index contributed by atoms with van der Waals surface area (Å²) in [5, 5.41) is 2.75. The first-order chi connectivity index (χ1) is 12.9. The van der Waals surface area contributed by atoms with Crippen LogP contribution in [0.2, 0.25) is 0 Å². The second-order valence-corrected chi connectivity index (χ2v) is 5.71. The Kier molecular flexibility index (Phi) is 6.93. The molecule has 0 aromatic heterocycles. The molecule has 2 aromatic carbocycles. The van der Waals surface area contributed by atoms with Crippen LogP contribution < -0.4 is 10.1 Å². The monoisotopic (exact) mass is 371 g/mol. The molecular weight excluding hydrogens is 350 g/mol. The molecule has 1 atom stereocenters. The maximum atomic E-state index is 12.1. The average molecular weight is 371 g/mol. The molecule has 0 fully saturated rings. The molecule has 0 spiro atoms. The molecule has 0 aliphatic heterocycles. The first kappa shape index (κ1) is 20.0. The van der Waals surface area contributed by atoms with Crippen molar-refractivity contribution >= 4 is 17.8 Å². The number of amides is 1. The van der Waals surface area contributed by atoms with Gasteiger partial charge in [0.25, 0.3) is 5.91 Å². The minimum Gasteiger partial charge on any atom is -0.497 e. The van der Waals surface area contributed by atoms with E-state index in [1.807, 2.05) is 31.2 Å². The zero-order valence-corrected chi connectivity index (χ0v) is 15.4. The maximum absolute atomic E-state index is 12.1. The number of ether oxygens (including phenoxy) is 3. The molecule has 0 saturated carbocycles. The smallest absolute Gasteiger partial charge is 0.338 e. The Hall–Kier alpha value is -3.35. The summed E-state index contributed by atoms with van der Waals surface area (Å²) >= 11 is 0. The van der Waals surface area contributed by atoms with E-state index in [4.69, 9.17) is 9.47 Å². The molecule has 2 rings (SSSR count). The predicted molar refractivity (Wildman–Crippen MR) is 97.6 cm³/mol. The average Bonchev–Trinajstić information content (AvgIpc) is 2.71. The Labute approximate surface area is 157 Å². The second-order valence-electron chi connectivity index (χ2n) is 5.71. The van der Waals surface area contributed by atoms with Crippen LogP contribution in [0.5, 0.6) is 5.75 Å². The second kappa shape index (κ2) is 9.38. The van der Waals surface area contributed by atoms with Gasteiger partial charge in [0.05, 0.1) is 31.4 Å². The van der Waals surface area contributed by atoms with E-state index in [0.717, 1.165) is 5.56 Å². The van der Waals surface area contributed by atoms with Crippen LogP contribution in [0.1, 0.15) is 39.2 Å². The normalized spacial score (nSPS) is 11.2. The number of rotatable bonds is 7. The number of nitrogens with one attached hydrogen (secondary N) is 1. The van der Waals surface area contributed by atoms with Crippen LogP contribution in [0.15, 0.2) is 48.5 Å². The molecule has 0 bridgehead atoms. The van der Waals surface area contributed by atoms with Gasteiger partial charge in [-0.15, -0.1) is 0 Å². The highest BCUT2D eigenvalue weighted by Gasteiger charge is 2.15. The fraction of sp³-hybridized carbons (Fsp3) is 0.250. The Bertz CT molecular complexity index is 833. The lowest BCUT2D eigenvalue weighted by molar-refractivity contribution is -0.124. The lowest BCUT2D eigenvalue weighted by atomic mass is 10.1. The summed E-state index contributed by atoms with van der Waals surface area (Å²) in [6.07, 6.45) is 0. The van der Waals surface area contributed by atoms with Crippen LogP contribution in [0, 0.1) is 0 Å². The lowest BCUT2D eigenvalue weighted by Gasteiger charge is -2.15. The van der Waals surface area contributed by atoms with Crippen LogP contribution in [0.4, 0.5) is 0 Å². The Balaban J connectivity index is 1.91. The van der Waals surface area contributed by atoms with E-state index in [9.17, 15) is 14.4 Å². The first-order valence-corrected chi connectivity index (χ1v) is 8.23. The third kappa shape index (κ3) is 5.57. The molecule has 7 heteroatoms. The number of esters is 2. The van der Waals surface area contributed by atoms with Crippen molar-refractivity contribution in [1.82, 2.24) is 5.32 Å². The van der Waals surface area contributed by atoms with Gasteiger partial charge in [0.2, 0.25) is 0 Å². The highest BCUT2D eigenvalue weighted by atomic mass is 16.5. The van der Waals surface area contributed by atoms with E-state index < -0.39 is 24.5 Å².